The van der Waals surface area contributed by atoms with Crippen LogP contribution in [0.5, 0.6) is 0 Å². The Hall–Kier alpha value is -0.570. The van der Waals surface area contributed by atoms with E-state index in [2.05, 4.69) is 5.10 Å². The number of hydrogen-bond acceptors (Lipinski definition) is 1. The highest BCUT2D eigenvalue weighted by Crippen LogP contribution is 2.21. The highest BCUT2D eigenvalue weighted by Gasteiger charge is 2.19. The van der Waals surface area contributed by atoms with Crippen LogP contribution in [0.25, 0.3) is 0 Å². The smallest absolute Gasteiger partial charge is 0.180 e. The lowest BCUT2D eigenvalue weighted by Crippen LogP contribution is -2.23. The van der Waals surface area contributed by atoms with E-state index in [0.29, 0.717) is 0 Å². The van der Waals surface area contributed by atoms with Crippen LogP contribution < -0.4 is 0 Å². The second-order valence-electron chi connectivity index (χ2n) is 3.37. The van der Waals surface area contributed by atoms with E-state index in [4.69, 9.17) is 11.6 Å². The highest BCUT2D eigenvalue weighted by atomic mass is 35.5. The SMILES string of the molecule is CC(C)(C)n1ncc(F)c1Cl. The van der Waals surface area contributed by atoms with Crippen LogP contribution in [-0.4, -0.2) is 9.78 Å². The topological polar surface area (TPSA) is 17.8 Å². The Kier molecular flexibility index (Phi) is 1.92. The van der Waals surface area contributed by atoms with Gasteiger partial charge < -0.3 is 0 Å². The summed E-state index contributed by atoms with van der Waals surface area (Å²) >= 11 is 5.62. The van der Waals surface area contributed by atoms with E-state index < -0.39 is 5.82 Å². The highest BCUT2D eigenvalue weighted by molar-refractivity contribution is 6.29. The van der Waals surface area contributed by atoms with Crippen molar-refractivity contribution in [2.45, 2.75) is 26.3 Å². The van der Waals surface area contributed by atoms with Crippen molar-refractivity contribution >= 4 is 11.6 Å². The number of nitrogens with zero attached hydrogens (tertiary/aromatic N) is 2. The minimum absolute atomic E-state index is 0.0671. The maximum atomic E-state index is 12.7. The predicted octanol–water partition coefficient (Wildman–Crippen LogP) is 2.43. The van der Waals surface area contributed by atoms with Crippen LogP contribution in [-0.2, 0) is 5.54 Å². The molecule has 0 unspecified atom stereocenters. The average molecular weight is 177 g/mol. The normalized spacial score (nSPS) is 12.1. The molecule has 0 aromatic carbocycles. The van der Waals surface area contributed by atoms with Crippen molar-refractivity contribution in [3.63, 3.8) is 0 Å². The van der Waals surface area contributed by atoms with Gasteiger partial charge in [0.05, 0.1) is 11.7 Å². The minimum Gasteiger partial charge on any atom is -0.246 e. The zero-order chi connectivity index (χ0) is 8.65. The molecule has 1 rings (SSSR count). The molecule has 0 N–H and O–H groups in total. The van der Waals surface area contributed by atoms with E-state index in [1.165, 1.54) is 4.68 Å². The van der Waals surface area contributed by atoms with Crippen molar-refractivity contribution in [2.24, 2.45) is 0 Å². The van der Waals surface area contributed by atoms with Gasteiger partial charge in [-0.1, -0.05) is 11.6 Å². The van der Waals surface area contributed by atoms with Gasteiger partial charge in [-0.2, -0.15) is 5.10 Å². The summed E-state index contributed by atoms with van der Waals surface area (Å²) in [6, 6.07) is 0. The third kappa shape index (κ3) is 1.53. The molecule has 1 heterocycles. The van der Waals surface area contributed by atoms with Crippen molar-refractivity contribution in [3.05, 3.63) is 17.2 Å². The van der Waals surface area contributed by atoms with E-state index in [1.54, 1.807) is 0 Å². The van der Waals surface area contributed by atoms with Crippen LogP contribution in [0.4, 0.5) is 4.39 Å². The molecule has 0 spiro atoms. The Morgan fingerprint density at radius 2 is 2.09 bits per heavy atom. The number of rotatable bonds is 0. The van der Waals surface area contributed by atoms with E-state index >= 15 is 0 Å². The summed E-state index contributed by atoms with van der Waals surface area (Å²) < 4.78 is 14.1. The van der Waals surface area contributed by atoms with Crippen molar-refractivity contribution in [3.8, 4) is 0 Å². The van der Waals surface area contributed by atoms with Crippen molar-refractivity contribution in [2.75, 3.05) is 0 Å². The average Bonchev–Trinajstić information content (AvgIpc) is 2.11. The minimum atomic E-state index is -0.471. The summed E-state index contributed by atoms with van der Waals surface area (Å²) in [5, 5.41) is 3.86. The molecule has 0 bridgehead atoms. The van der Waals surface area contributed by atoms with Gasteiger partial charge in [-0.25, -0.2) is 9.07 Å². The van der Waals surface area contributed by atoms with Gasteiger partial charge in [0, 0.05) is 0 Å². The lowest BCUT2D eigenvalue weighted by atomic mass is 10.1. The first-order valence-electron chi connectivity index (χ1n) is 3.32. The standard InChI is InChI=1S/C7H10ClFN2/c1-7(2,3)11-6(8)5(9)4-10-11/h4H,1-3H3. The monoisotopic (exact) mass is 176 g/mol. The Morgan fingerprint density at radius 3 is 2.27 bits per heavy atom. The predicted molar refractivity (Wildman–Crippen MR) is 42.2 cm³/mol. The van der Waals surface area contributed by atoms with Crippen LogP contribution in [0.1, 0.15) is 20.8 Å². The Balaban J connectivity index is 3.15. The fourth-order valence-electron chi connectivity index (χ4n) is 0.781. The number of aromatic nitrogens is 2. The lowest BCUT2D eigenvalue weighted by Gasteiger charge is -2.19. The molecular formula is C7H10ClFN2. The fourth-order valence-corrected chi connectivity index (χ4v) is 1.13. The summed E-state index contributed by atoms with van der Waals surface area (Å²) in [5.41, 5.74) is -0.262. The van der Waals surface area contributed by atoms with E-state index in [0.717, 1.165) is 6.20 Å². The zero-order valence-corrected chi connectivity index (χ0v) is 7.48. The summed E-state index contributed by atoms with van der Waals surface area (Å²) in [5.74, 6) is -0.471. The molecule has 2 nitrogen and oxygen atoms in total. The van der Waals surface area contributed by atoms with Gasteiger partial charge in [0.1, 0.15) is 0 Å². The molecule has 0 atom stereocenters. The molecule has 0 amide bonds. The summed E-state index contributed by atoms with van der Waals surface area (Å²) in [6.45, 7) is 5.72. The lowest BCUT2D eigenvalue weighted by molar-refractivity contribution is 0.354. The first-order valence-corrected chi connectivity index (χ1v) is 3.70. The molecule has 0 saturated heterocycles. The van der Waals surface area contributed by atoms with Crippen molar-refractivity contribution < 1.29 is 4.39 Å². The Labute approximate surface area is 70.0 Å². The van der Waals surface area contributed by atoms with Crippen LogP contribution in [0, 0.1) is 5.82 Å². The Bertz CT molecular complexity index is 262. The first-order chi connectivity index (χ1) is 4.93. The molecule has 4 heteroatoms. The molecule has 0 aliphatic heterocycles. The third-order valence-electron chi connectivity index (χ3n) is 1.30. The molecule has 62 valence electrons. The van der Waals surface area contributed by atoms with Crippen LogP contribution in [0.3, 0.4) is 0 Å². The van der Waals surface area contributed by atoms with E-state index in [1.807, 2.05) is 20.8 Å². The van der Waals surface area contributed by atoms with Gasteiger partial charge in [0.2, 0.25) is 0 Å². The molecular weight excluding hydrogens is 167 g/mol. The van der Waals surface area contributed by atoms with Crippen molar-refractivity contribution in [1.82, 2.24) is 9.78 Å². The maximum absolute atomic E-state index is 12.7. The molecule has 0 radical (unpaired) electrons. The van der Waals surface area contributed by atoms with Crippen LogP contribution in [0.15, 0.2) is 6.20 Å². The molecule has 1 aromatic rings. The van der Waals surface area contributed by atoms with Gasteiger partial charge in [-0.15, -0.1) is 0 Å². The van der Waals surface area contributed by atoms with Gasteiger partial charge in [-0.3, -0.25) is 0 Å². The van der Waals surface area contributed by atoms with Crippen molar-refractivity contribution in [1.29, 1.82) is 0 Å². The second-order valence-corrected chi connectivity index (χ2v) is 3.72. The van der Waals surface area contributed by atoms with Gasteiger partial charge in [0.25, 0.3) is 0 Å². The molecule has 0 saturated carbocycles. The number of hydrogen-bond donors (Lipinski definition) is 0. The van der Waals surface area contributed by atoms with Crippen LogP contribution in [0.2, 0.25) is 5.15 Å². The summed E-state index contributed by atoms with van der Waals surface area (Å²) in [7, 11) is 0. The Morgan fingerprint density at radius 1 is 1.55 bits per heavy atom. The summed E-state index contributed by atoms with van der Waals surface area (Å²) in [4.78, 5) is 0. The summed E-state index contributed by atoms with van der Waals surface area (Å²) in [6.07, 6.45) is 1.12. The molecule has 0 aliphatic carbocycles. The molecule has 1 aromatic heterocycles. The largest absolute Gasteiger partial charge is 0.246 e. The second kappa shape index (κ2) is 2.48. The molecule has 0 aliphatic rings. The van der Waals surface area contributed by atoms with Gasteiger partial charge in [-0.05, 0) is 20.8 Å². The number of halogens is 2. The van der Waals surface area contributed by atoms with E-state index in [9.17, 15) is 4.39 Å². The molecule has 0 fully saturated rings. The van der Waals surface area contributed by atoms with Gasteiger partial charge in [0.15, 0.2) is 11.0 Å². The molecule has 11 heavy (non-hydrogen) atoms. The fraction of sp³-hybridized carbons (Fsp3) is 0.571. The zero-order valence-electron chi connectivity index (χ0n) is 6.73. The van der Waals surface area contributed by atoms with Gasteiger partial charge >= 0.3 is 0 Å². The van der Waals surface area contributed by atoms with Crippen LogP contribution >= 0.6 is 11.6 Å². The quantitative estimate of drug-likeness (QED) is 0.594. The third-order valence-corrected chi connectivity index (χ3v) is 1.65. The maximum Gasteiger partial charge on any atom is 0.180 e. The first kappa shape index (κ1) is 8.53. The van der Waals surface area contributed by atoms with E-state index in [-0.39, 0.29) is 10.7 Å².